The first-order valence-corrected chi connectivity index (χ1v) is 11.5. The van der Waals surface area contributed by atoms with Crippen molar-refractivity contribution in [3.63, 3.8) is 0 Å². The van der Waals surface area contributed by atoms with Crippen molar-refractivity contribution in [1.29, 1.82) is 0 Å². The standard InChI is InChI=1S/C23H25N3O5S/c1-3-26-18-10-9-15(22(28)29-4-2)11-17(18)25-23(26)32-14-21(27)24-12-16-13-30-19-7-5-6-8-20(19)31-16/h5-11,16H,3-4,12-14H2,1-2H3,(H,24,27). The Labute approximate surface area is 190 Å². The van der Waals surface area contributed by atoms with E-state index in [9.17, 15) is 9.59 Å². The van der Waals surface area contributed by atoms with Crippen LogP contribution < -0.4 is 14.8 Å². The van der Waals surface area contributed by atoms with Gasteiger partial charge in [-0.3, -0.25) is 4.79 Å². The van der Waals surface area contributed by atoms with Gasteiger partial charge in [0.2, 0.25) is 5.91 Å². The molecule has 168 valence electrons. The van der Waals surface area contributed by atoms with Crippen LogP contribution in [0.2, 0.25) is 0 Å². The summed E-state index contributed by atoms with van der Waals surface area (Å²) in [7, 11) is 0. The maximum absolute atomic E-state index is 12.4. The Morgan fingerprint density at radius 3 is 2.81 bits per heavy atom. The van der Waals surface area contributed by atoms with Gasteiger partial charge in [-0.15, -0.1) is 0 Å². The molecule has 0 saturated carbocycles. The molecular formula is C23H25N3O5S. The van der Waals surface area contributed by atoms with Gasteiger partial charge in [0, 0.05) is 6.54 Å². The van der Waals surface area contributed by atoms with Gasteiger partial charge in [-0.1, -0.05) is 23.9 Å². The van der Waals surface area contributed by atoms with Gasteiger partial charge in [-0.05, 0) is 44.2 Å². The van der Waals surface area contributed by atoms with Gasteiger partial charge in [-0.25, -0.2) is 9.78 Å². The van der Waals surface area contributed by atoms with Gasteiger partial charge >= 0.3 is 5.97 Å². The van der Waals surface area contributed by atoms with E-state index in [0.717, 1.165) is 16.4 Å². The van der Waals surface area contributed by atoms with Crippen molar-refractivity contribution in [2.45, 2.75) is 31.7 Å². The van der Waals surface area contributed by atoms with Crippen LogP contribution >= 0.6 is 11.8 Å². The van der Waals surface area contributed by atoms with E-state index in [1.165, 1.54) is 11.8 Å². The van der Waals surface area contributed by atoms with E-state index < -0.39 is 0 Å². The van der Waals surface area contributed by atoms with Crippen molar-refractivity contribution in [2.24, 2.45) is 0 Å². The van der Waals surface area contributed by atoms with E-state index >= 15 is 0 Å². The first-order valence-electron chi connectivity index (χ1n) is 10.5. The molecule has 0 aliphatic carbocycles. The fraction of sp³-hybridized carbons (Fsp3) is 0.348. The Morgan fingerprint density at radius 2 is 2.03 bits per heavy atom. The van der Waals surface area contributed by atoms with Crippen molar-refractivity contribution >= 4 is 34.7 Å². The summed E-state index contributed by atoms with van der Waals surface area (Å²) in [5.41, 5.74) is 2.08. The predicted octanol–water partition coefficient (Wildman–Crippen LogP) is 3.28. The molecule has 1 aliphatic heterocycles. The molecule has 9 heteroatoms. The van der Waals surface area contributed by atoms with Gasteiger partial charge < -0.3 is 24.1 Å². The van der Waals surface area contributed by atoms with Crippen LogP contribution in [0.3, 0.4) is 0 Å². The van der Waals surface area contributed by atoms with Gasteiger partial charge in [-0.2, -0.15) is 0 Å². The molecule has 0 radical (unpaired) electrons. The van der Waals surface area contributed by atoms with Gasteiger partial charge in [0.05, 0.1) is 35.5 Å². The molecule has 32 heavy (non-hydrogen) atoms. The molecule has 2 aromatic carbocycles. The van der Waals surface area contributed by atoms with E-state index in [0.29, 0.717) is 43.1 Å². The summed E-state index contributed by atoms with van der Waals surface area (Å²) in [6.45, 7) is 5.56. The molecule has 0 saturated heterocycles. The molecule has 1 unspecified atom stereocenters. The van der Waals surface area contributed by atoms with E-state index in [1.807, 2.05) is 41.8 Å². The lowest BCUT2D eigenvalue weighted by Gasteiger charge is -2.26. The van der Waals surface area contributed by atoms with E-state index in [2.05, 4.69) is 10.3 Å². The van der Waals surface area contributed by atoms with Gasteiger partial charge in [0.15, 0.2) is 16.7 Å². The summed E-state index contributed by atoms with van der Waals surface area (Å²) >= 11 is 1.36. The van der Waals surface area contributed by atoms with Crippen LogP contribution in [0.4, 0.5) is 0 Å². The second-order valence-electron chi connectivity index (χ2n) is 7.15. The largest absolute Gasteiger partial charge is 0.486 e. The number of aryl methyl sites for hydroxylation is 1. The number of carbonyl (C=O) groups excluding carboxylic acids is 2. The van der Waals surface area contributed by atoms with E-state index in [-0.39, 0.29) is 23.7 Å². The maximum Gasteiger partial charge on any atom is 0.338 e. The van der Waals surface area contributed by atoms with Crippen LogP contribution in [0.25, 0.3) is 11.0 Å². The van der Waals surface area contributed by atoms with Crippen molar-refractivity contribution < 1.29 is 23.8 Å². The number of amides is 1. The van der Waals surface area contributed by atoms with Gasteiger partial charge in [0.1, 0.15) is 12.7 Å². The summed E-state index contributed by atoms with van der Waals surface area (Å²) in [6.07, 6.45) is -0.236. The molecule has 4 rings (SSSR count). The minimum Gasteiger partial charge on any atom is -0.486 e. The number of hydrogen-bond donors (Lipinski definition) is 1. The zero-order chi connectivity index (χ0) is 22.5. The second kappa shape index (κ2) is 9.95. The first kappa shape index (κ1) is 22.0. The quantitative estimate of drug-likeness (QED) is 0.412. The van der Waals surface area contributed by atoms with Crippen LogP contribution in [0.5, 0.6) is 11.5 Å². The number of thioether (sulfide) groups is 1. The Kier molecular flexibility index (Phi) is 6.84. The second-order valence-corrected chi connectivity index (χ2v) is 8.10. The molecule has 1 N–H and O–H groups in total. The van der Waals surface area contributed by atoms with E-state index in [4.69, 9.17) is 14.2 Å². The monoisotopic (exact) mass is 455 g/mol. The van der Waals surface area contributed by atoms with Gasteiger partial charge in [0.25, 0.3) is 0 Å². The smallest absolute Gasteiger partial charge is 0.338 e. The molecule has 0 fully saturated rings. The number of para-hydroxylation sites is 2. The van der Waals surface area contributed by atoms with E-state index in [1.54, 1.807) is 19.1 Å². The number of hydrogen-bond acceptors (Lipinski definition) is 7. The number of aromatic nitrogens is 2. The van der Waals surface area contributed by atoms with Crippen molar-refractivity contribution in [2.75, 3.05) is 25.5 Å². The number of fused-ring (bicyclic) bond motifs is 2. The van der Waals surface area contributed by atoms with Crippen LogP contribution in [-0.2, 0) is 16.1 Å². The zero-order valence-corrected chi connectivity index (χ0v) is 18.8. The number of carbonyl (C=O) groups is 2. The fourth-order valence-corrected chi connectivity index (χ4v) is 4.35. The van der Waals surface area contributed by atoms with Crippen LogP contribution in [0.1, 0.15) is 24.2 Å². The highest BCUT2D eigenvalue weighted by Gasteiger charge is 2.21. The minimum atomic E-state index is -0.370. The first-order chi connectivity index (χ1) is 15.6. The molecule has 0 bridgehead atoms. The molecule has 1 aliphatic rings. The highest BCUT2D eigenvalue weighted by molar-refractivity contribution is 7.99. The van der Waals surface area contributed by atoms with Crippen molar-refractivity contribution in [3.05, 3.63) is 48.0 Å². The number of rotatable bonds is 8. The van der Waals surface area contributed by atoms with Crippen LogP contribution in [0, 0.1) is 0 Å². The lowest BCUT2D eigenvalue weighted by molar-refractivity contribution is -0.119. The predicted molar refractivity (Wildman–Crippen MR) is 121 cm³/mol. The Bertz CT molecular complexity index is 1130. The summed E-state index contributed by atoms with van der Waals surface area (Å²) < 4.78 is 18.6. The lowest BCUT2D eigenvalue weighted by Crippen LogP contribution is -2.41. The molecule has 1 atom stereocenters. The van der Waals surface area contributed by atoms with Crippen molar-refractivity contribution in [3.8, 4) is 11.5 Å². The third-order valence-corrected chi connectivity index (χ3v) is 5.94. The molecule has 0 spiro atoms. The van der Waals surface area contributed by atoms with Crippen molar-refractivity contribution in [1.82, 2.24) is 14.9 Å². The average molecular weight is 456 g/mol. The molecule has 3 aromatic rings. The SMILES string of the molecule is CCOC(=O)c1ccc2c(c1)nc(SCC(=O)NCC1COc3ccccc3O1)n2CC. The number of benzene rings is 2. The summed E-state index contributed by atoms with van der Waals surface area (Å²) in [5, 5.41) is 3.63. The number of imidazole rings is 1. The summed E-state index contributed by atoms with van der Waals surface area (Å²) in [5.74, 6) is 1.14. The highest BCUT2D eigenvalue weighted by atomic mass is 32.2. The molecule has 1 aromatic heterocycles. The average Bonchev–Trinajstić information content (AvgIpc) is 3.18. The maximum atomic E-state index is 12.4. The molecular weight excluding hydrogens is 430 g/mol. The Morgan fingerprint density at radius 1 is 1.22 bits per heavy atom. The molecule has 2 heterocycles. The zero-order valence-electron chi connectivity index (χ0n) is 18.0. The molecule has 1 amide bonds. The third kappa shape index (κ3) is 4.83. The lowest BCUT2D eigenvalue weighted by atomic mass is 10.2. The normalized spacial score (nSPS) is 14.9. The van der Waals surface area contributed by atoms with Crippen LogP contribution in [0.15, 0.2) is 47.6 Å². The number of ether oxygens (including phenoxy) is 3. The summed E-state index contributed by atoms with van der Waals surface area (Å²) in [4.78, 5) is 29.0. The third-order valence-electron chi connectivity index (χ3n) is 4.97. The summed E-state index contributed by atoms with van der Waals surface area (Å²) in [6, 6.07) is 12.8. The van der Waals surface area contributed by atoms with Crippen LogP contribution in [-0.4, -0.2) is 53.0 Å². The molecule has 8 nitrogen and oxygen atoms in total. The topological polar surface area (TPSA) is 91.7 Å². The number of nitrogens with one attached hydrogen (secondary N) is 1. The highest BCUT2D eigenvalue weighted by Crippen LogP contribution is 2.30. The Hall–Kier alpha value is -3.20. The number of nitrogens with zero attached hydrogens (tertiary/aromatic N) is 2. The fourth-order valence-electron chi connectivity index (χ4n) is 3.44. The number of esters is 1. The Balaban J connectivity index is 1.35. The minimum absolute atomic E-state index is 0.112.